The van der Waals surface area contributed by atoms with Crippen LogP contribution in [0.25, 0.3) is 0 Å². The Balaban J connectivity index is 2.32. The van der Waals surface area contributed by atoms with Crippen molar-refractivity contribution in [3.63, 3.8) is 0 Å². The van der Waals surface area contributed by atoms with Gasteiger partial charge in [0.15, 0.2) is 0 Å². The van der Waals surface area contributed by atoms with E-state index in [-0.39, 0.29) is 5.56 Å². The molecule has 0 aliphatic carbocycles. The molecule has 0 saturated carbocycles. The van der Waals surface area contributed by atoms with Gasteiger partial charge < -0.3 is 14.6 Å². The van der Waals surface area contributed by atoms with Crippen LogP contribution < -0.4 is 9.84 Å². The molecule has 0 spiro atoms. The van der Waals surface area contributed by atoms with Crippen molar-refractivity contribution in [1.82, 2.24) is 0 Å². The Bertz CT molecular complexity index is 475. The number of hydrogen-bond donors (Lipinski definition) is 0. The number of benzene rings is 1. The molecule has 3 nitrogen and oxygen atoms in total. The number of hydrogen-bond acceptors (Lipinski definition) is 3. The van der Waals surface area contributed by atoms with E-state index in [2.05, 4.69) is 52.1 Å². The fraction of sp³-hybridized carbons (Fsp3) is 0.588. The summed E-state index contributed by atoms with van der Waals surface area (Å²) in [6.45, 7) is 2.79. The molecular weight excluding hydrogens is 506 g/mol. The first-order valence-corrected chi connectivity index (χ1v) is 10.0. The van der Waals surface area contributed by atoms with Crippen LogP contribution in [0.15, 0.2) is 12.1 Å². The molecule has 22 heavy (non-hydrogen) atoms. The highest BCUT2D eigenvalue weighted by Gasteiger charge is 2.11. The average molecular weight is 529 g/mol. The number of rotatable bonds is 11. The lowest BCUT2D eigenvalue weighted by atomic mass is 10.1. The summed E-state index contributed by atoms with van der Waals surface area (Å²) in [5, 5.41) is 11.2. The van der Waals surface area contributed by atoms with E-state index < -0.39 is 5.97 Å². The molecule has 0 heterocycles. The van der Waals surface area contributed by atoms with Crippen LogP contribution >= 0.6 is 45.2 Å². The number of carboxylic acids is 1. The molecule has 5 heteroatoms. The Kier molecular flexibility index (Phi) is 10.4. The summed E-state index contributed by atoms with van der Waals surface area (Å²) in [5.74, 6) is -0.730. The zero-order chi connectivity index (χ0) is 16.4. The highest BCUT2D eigenvalue weighted by molar-refractivity contribution is 14.1. The molecule has 0 N–H and O–H groups in total. The SMILES string of the molecule is CCCCCCCCCCOc1c(I)cc(I)cc1C(=O)[O-]. The van der Waals surface area contributed by atoms with E-state index in [9.17, 15) is 9.90 Å². The topological polar surface area (TPSA) is 49.4 Å². The lowest BCUT2D eigenvalue weighted by Gasteiger charge is -2.14. The molecule has 0 aliphatic rings. The second-order valence-corrected chi connectivity index (χ2v) is 7.78. The van der Waals surface area contributed by atoms with Crippen LogP contribution in [-0.2, 0) is 0 Å². The van der Waals surface area contributed by atoms with Crippen LogP contribution in [-0.4, -0.2) is 12.6 Å². The van der Waals surface area contributed by atoms with Gasteiger partial charge in [-0.2, -0.15) is 0 Å². The lowest BCUT2D eigenvalue weighted by Crippen LogP contribution is -2.23. The quantitative estimate of drug-likeness (QED) is 0.307. The third-order valence-corrected chi connectivity index (χ3v) is 4.90. The van der Waals surface area contributed by atoms with E-state index in [1.54, 1.807) is 6.07 Å². The standard InChI is InChI=1S/C17H24I2O3/c1-2-3-4-5-6-7-8-9-10-22-16-14(17(20)21)11-13(18)12-15(16)19/h11-12H,2-10H2,1H3,(H,20,21)/p-1. The molecule has 1 aromatic rings. The Hall–Kier alpha value is -0.0500. The van der Waals surface area contributed by atoms with E-state index in [0.29, 0.717) is 12.4 Å². The predicted molar refractivity (Wildman–Crippen MR) is 104 cm³/mol. The summed E-state index contributed by atoms with van der Waals surface area (Å²) in [6, 6.07) is 3.51. The molecule has 0 bridgehead atoms. The molecule has 0 aromatic heterocycles. The number of halogens is 2. The maximum absolute atomic E-state index is 11.2. The summed E-state index contributed by atoms with van der Waals surface area (Å²) < 4.78 is 7.40. The minimum atomic E-state index is -1.18. The third-order valence-electron chi connectivity index (χ3n) is 3.47. The molecule has 1 rings (SSSR count). The van der Waals surface area contributed by atoms with Crippen LogP contribution in [0.3, 0.4) is 0 Å². The van der Waals surface area contributed by atoms with Crippen LogP contribution in [0, 0.1) is 7.14 Å². The van der Waals surface area contributed by atoms with Gasteiger partial charge in [0, 0.05) is 9.13 Å². The number of unbranched alkanes of at least 4 members (excludes halogenated alkanes) is 7. The van der Waals surface area contributed by atoms with Gasteiger partial charge in [-0.25, -0.2) is 0 Å². The van der Waals surface area contributed by atoms with Gasteiger partial charge in [-0.15, -0.1) is 0 Å². The van der Waals surface area contributed by atoms with Crippen LogP contribution in [0.4, 0.5) is 0 Å². The van der Waals surface area contributed by atoms with E-state index >= 15 is 0 Å². The molecule has 0 unspecified atom stereocenters. The van der Waals surface area contributed by atoms with Gasteiger partial charge in [-0.1, -0.05) is 51.9 Å². The van der Waals surface area contributed by atoms with Crippen LogP contribution in [0.1, 0.15) is 68.6 Å². The van der Waals surface area contributed by atoms with Crippen molar-refractivity contribution in [1.29, 1.82) is 0 Å². The summed E-state index contributed by atoms with van der Waals surface area (Å²) in [5.41, 5.74) is 0.149. The van der Waals surface area contributed by atoms with Gasteiger partial charge in [0.2, 0.25) is 0 Å². The number of ether oxygens (including phenoxy) is 1. The maximum Gasteiger partial charge on any atom is 0.141 e. The van der Waals surface area contributed by atoms with Crippen molar-refractivity contribution < 1.29 is 14.6 Å². The Morgan fingerprint density at radius 2 is 1.64 bits per heavy atom. The first kappa shape index (κ1) is 20.0. The van der Waals surface area contributed by atoms with Crippen LogP contribution in [0.5, 0.6) is 5.75 Å². The summed E-state index contributed by atoms with van der Waals surface area (Å²) in [7, 11) is 0. The molecule has 124 valence electrons. The summed E-state index contributed by atoms with van der Waals surface area (Å²) in [4.78, 5) is 11.2. The zero-order valence-corrected chi connectivity index (χ0v) is 17.3. The molecule has 0 atom stereocenters. The molecule has 0 amide bonds. The summed E-state index contributed by atoms with van der Waals surface area (Å²) >= 11 is 4.21. The molecule has 0 aliphatic heterocycles. The second-order valence-electron chi connectivity index (χ2n) is 5.38. The van der Waals surface area contributed by atoms with Gasteiger partial charge in [0.25, 0.3) is 0 Å². The molecular formula is C17H23I2O3-. The van der Waals surface area contributed by atoms with Crippen molar-refractivity contribution in [2.24, 2.45) is 0 Å². The Morgan fingerprint density at radius 3 is 2.23 bits per heavy atom. The van der Waals surface area contributed by atoms with Gasteiger partial charge in [-0.3, -0.25) is 0 Å². The first-order valence-electron chi connectivity index (χ1n) is 7.89. The highest BCUT2D eigenvalue weighted by Crippen LogP contribution is 2.28. The van der Waals surface area contributed by atoms with Gasteiger partial charge in [-0.05, 0) is 63.7 Å². The maximum atomic E-state index is 11.2. The molecule has 0 radical (unpaired) electrons. The lowest BCUT2D eigenvalue weighted by molar-refractivity contribution is -0.255. The van der Waals surface area contributed by atoms with Gasteiger partial charge >= 0.3 is 0 Å². The van der Waals surface area contributed by atoms with Crippen molar-refractivity contribution in [2.45, 2.75) is 58.3 Å². The smallest absolute Gasteiger partial charge is 0.141 e. The molecule has 0 fully saturated rings. The Labute approximate surface area is 160 Å². The molecule has 0 saturated heterocycles. The average Bonchev–Trinajstić information content (AvgIpc) is 2.46. The van der Waals surface area contributed by atoms with Gasteiger partial charge in [0.05, 0.1) is 16.1 Å². The predicted octanol–water partition coefficient (Wildman–Crippen LogP) is 4.78. The number of carbonyl (C=O) groups is 1. The van der Waals surface area contributed by atoms with Crippen molar-refractivity contribution >= 4 is 51.2 Å². The van der Waals surface area contributed by atoms with E-state index in [4.69, 9.17) is 4.74 Å². The normalized spacial score (nSPS) is 10.7. The highest BCUT2D eigenvalue weighted by atomic mass is 127. The van der Waals surface area contributed by atoms with Crippen LogP contribution in [0.2, 0.25) is 0 Å². The van der Waals surface area contributed by atoms with Gasteiger partial charge in [0.1, 0.15) is 5.75 Å². The fourth-order valence-corrected chi connectivity index (χ4v) is 4.27. The second kappa shape index (κ2) is 11.5. The zero-order valence-electron chi connectivity index (χ0n) is 13.0. The fourth-order valence-electron chi connectivity index (χ4n) is 2.27. The minimum Gasteiger partial charge on any atom is -0.545 e. The largest absolute Gasteiger partial charge is 0.545 e. The van der Waals surface area contributed by atoms with E-state index in [0.717, 1.165) is 20.0 Å². The third kappa shape index (κ3) is 7.48. The van der Waals surface area contributed by atoms with Crippen molar-refractivity contribution in [2.75, 3.05) is 6.61 Å². The minimum absolute atomic E-state index is 0.149. The summed E-state index contributed by atoms with van der Waals surface area (Å²) in [6.07, 6.45) is 9.87. The van der Waals surface area contributed by atoms with Crippen molar-refractivity contribution in [3.05, 3.63) is 24.8 Å². The molecule has 1 aromatic carbocycles. The number of carboxylic acid groups (broad SMARTS) is 1. The van der Waals surface area contributed by atoms with Crippen molar-refractivity contribution in [3.8, 4) is 5.75 Å². The number of carbonyl (C=O) groups excluding carboxylic acids is 1. The first-order chi connectivity index (χ1) is 10.6. The van der Waals surface area contributed by atoms with E-state index in [1.165, 1.54) is 38.5 Å². The van der Waals surface area contributed by atoms with E-state index in [1.807, 2.05) is 6.07 Å². The number of aromatic carboxylic acids is 1. The monoisotopic (exact) mass is 529 g/mol. The Morgan fingerprint density at radius 1 is 1.05 bits per heavy atom.